The van der Waals surface area contributed by atoms with Gasteiger partial charge in [-0.25, -0.2) is 0 Å². The van der Waals surface area contributed by atoms with E-state index in [1.54, 1.807) is 5.57 Å². The molecule has 0 aromatic carbocycles. The molecule has 11 atom stereocenters. The van der Waals surface area contributed by atoms with E-state index in [0.29, 0.717) is 35.3 Å². The zero-order valence-electron chi connectivity index (χ0n) is 19.0. The van der Waals surface area contributed by atoms with E-state index < -0.39 is 0 Å². The Hall–Kier alpha value is -0.380. The van der Waals surface area contributed by atoms with Crippen LogP contribution in [0, 0.1) is 40.4 Å². The first-order valence-corrected chi connectivity index (χ1v) is 12.6. The molecule has 164 valence electrons. The molecule has 0 amide bonds. The van der Waals surface area contributed by atoms with Gasteiger partial charge in [0.05, 0.1) is 12.2 Å². The second-order valence-electron chi connectivity index (χ2n) is 12.1. The summed E-state index contributed by atoms with van der Waals surface area (Å²) < 4.78 is 0. The Kier molecular flexibility index (Phi) is 5.00. The molecule has 4 fully saturated rings. The van der Waals surface area contributed by atoms with Crippen LogP contribution >= 0.6 is 0 Å². The van der Waals surface area contributed by atoms with Crippen LogP contribution in [0.25, 0.3) is 0 Å². The molecular weight excluding hydrogens is 358 g/mol. The van der Waals surface area contributed by atoms with Crippen molar-refractivity contribution in [3.63, 3.8) is 0 Å². The standard InChI is InChI=1S/C26H43NO2/c1-15-5-8-22(27-15)16(2)24-23(29)14-21-19-7-6-17-13-18(28)9-11-25(17,3)20(19)10-12-26(21,24)4/h6,15-16,18-24,27-29H,5,7-14H2,1-4H3/t15-,16+,18+,19-,20-,21-,22-,23-,24-,25+,26+/m1/s1. The van der Waals surface area contributed by atoms with Gasteiger partial charge in [-0.05, 0) is 105 Å². The Morgan fingerprint density at radius 3 is 2.59 bits per heavy atom. The molecule has 3 saturated carbocycles. The molecule has 3 heteroatoms. The second kappa shape index (κ2) is 7.07. The third-order valence-electron chi connectivity index (χ3n) is 10.8. The summed E-state index contributed by atoms with van der Waals surface area (Å²) >= 11 is 0. The van der Waals surface area contributed by atoms with E-state index in [4.69, 9.17) is 0 Å². The van der Waals surface area contributed by atoms with Gasteiger partial charge in [-0.2, -0.15) is 0 Å². The Balaban J connectivity index is 1.42. The highest BCUT2D eigenvalue weighted by atomic mass is 16.3. The summed E-state index contributed by atoms with van der Waals surface area (Å²) in [4.78, 5) is 0. The molecule has 1 saturated heterocycles. The summed E-state index contributed by atoms with van der Waals surface area (Å²) in [5, 5.41) is 25.4. The zero-order chi connectivity index (χ0) is 20.6. The van der Waals surface area contributed by atoms with Crippen LogP contribution in [-0.4, -0.2) is 34.5 Å². The van der Waals surface area contributed by atoms with Crippen molar-refractivity contribution in [2.24, 2.45) is 40.4 Å². The largest absolute Gasteiger partial charge is 0.393 e. The van der Waals surface area contributed by atoms with Crippen molar-refractivity contribution in [2.75, 3.05) is 0 Å². The van der Waals surface area contributed by atoms with Crippen LogP contribution in [0.4, 0.5) is 0 Å². The van der Waals surface area contributed by atoms with E-state index in [1.165, 1.54) is 32.1 Å². The molecule has 0 spiro atoms. The number of hydrogen-bond donors (Lipinski definition) is 3. The van der Waals surface area contributed by atoms with Crippen LogP contribution < -0.4 is 5.32 Å². The van der Waals surface area contributed by atoms with Gasteiger partial charge in [0.1, 0.15) is 0 Å². The lowest BCUT2D eigenvalue weighted by molar-refractivity contribution is -0.0639. The molecule has 0 radical (unpaired) electrons. The number of fused-ring (bicyclic) bond motifs is 5. The maximum absolute atomic E-state index is 11.3. The average molecular weight is 402 g/mol. The third kappa shape index (κ3) is 3.01. The molecule has 29 heavy (non-hydrogen) atoms. The topological polar surface area (TPSA) is 52.5 Å². The minimum absolute atomic E-state index is 0.125. The fourth-order valence-corrected chi connectivity index (χ4v) is 9.27. The van der Waals surface area contributed by atoms with E-state index in [1.807, 2.05) is 0 Å². The maximum atomic E-state index is 11.3. The van der Waals surface area contributed by atoms with Gasteiger partial charge in [-0.15, -0.1) is 0 Å². The lowest BCUT2D eigenvalue weighted by Crippen LogP contribution is -2.52. The Bertz CT molecular complexity index is 676. The molecule has 4 aliphatic carbocycles. The molecule has 5 aliphatic rings. The van der Waals surface area contributed by atoms with Crippen molar-refractivity contribution < 1.29 is 10.2 Å². The lowest BCUT2D eigenvalue weighted by atomic mass is 9.47. The fourth-order valence-electron chi connectivity index (χ4n) is 9.27. The summed E-state index contributed by atoms with van der Waals surface area (Å²) in [6.07, 6.45) is 12.6. The Morgan fingerprint density at radius 2 is 1.86 bits per heavy atom. The number of hydrogen-bond acceptors (Lipinski definition) is 3. The van der Waals surface area contributed by atoms with Crippen molar-refractivity contribution >= 4 is 0 Å². The molecule has 1 heterocycles. The number of allylic oxidation sites excluding steroid dienone is 1. The normalized spacial score (nSPS) is 55.6. The highest BCUT2D eigenvalue weighted by Gasteiger charge is 2.62. The van der Waals surface area contributed by atoms with Crippen LogP contribution in [0.2, 0.25) is 0 Å². The minimum atomic E-state index is -0.136. The van der Waals surface area contributed by atoms with Gasteiger partial charge < -0.3 is 15.5 Å². The predicted molar refractivity (Wildman–Crippen MR) is 117 cm³/mol. The molecule has 0 aromatic rings. The molecule has 5 rings (SSSR count). The molecule has 0 unspecified atom stereocenters. The summed E-state index contributed by atoms with van der Waals surface area (Å²) in [5.74, 6) is 3.11. The first-order valence-electron chi connectivity index (χ1n) is 12.6. The van der Waals surface area contributed by atoms with Crippen LogP contribution in [0.1, 0.15) is 85.5 Å². The SMILES string of the molecule is C[C@H]([C@@H]1[C@H](O)C[C@@H]2[C@@H]3CC=C4C[C@@H](O)CC[C@]4(C)[C@@H]3CC[C@]12C)[C@H]1CC[C@@H](C)N1. The molecule has 0 bridgehead atoms. The summed E-state index contributed by atoms with van der Waals surface area (Å²) in [5.41, 5.74) is 2.12. The maximum Gasteiger partial charge on any atom is 0.0579 e. The monoisotopic (exact) mass is 401 g/mol. The van der Waals surface area contributed by atoms with Crippen molar-refractivity contribution in [1.29, 1.82) is 0 Å². The summed E-state index contributed by atoms with van der Waals surface area (Å²) in [6, 6.07) is 1.21. The Labute approximate surface area is 177 Å². The van der Waals surface area contributed by atoms with E-state index in [9.17, 15) is 10.2 Å². The third-order valence-corrected chi connectivity index (χ3v) is 10.8. The van der Waals surface area contributed by atoms with Gasteiger partial charge in [0.2, 0.25) is 0 Å². The van der Waals surface area contributed by atoms with E-state index in [-0.39, 0.29) is 17.6 Å². The smallest absolute Gasteiger partial charge is 0.0579 e. The van der Waals surface area contributed by atoms with E-state index in [0.717, 1.165) is 37.5 Å². The number of aliphatic hydroxyl groups is 2. The summed E-state index contributed by atoms with van der Waals surface area (Å²) in [7, 11) is 0. The van der Waals surface area contributed by atoms with Crippen molar-refractivity contribution in [2.45, 2.75) is 110 Å². The van der Waals surface area contributed by atoms with Crippen LogP contribution in [-0.2, 0) is 0 Å². The van der Waals surface area contributed by atoms with Crippen LogP contribution in [0.15, 0.2) is 11.6 Å². The minimum Gasteiger partial charge on any atom is -0.393 e. The van der Waals surface area contributed by atoms with Crippen molar-refractivity contribution in [3.8, 4) is 0 Å². The molecular formula is C26H43NO2. The quantitative estimate of drug-likeness (QED) is 0.589. The van der Waals surface area contributed by atoms with E-state index in [2.05, 4.69) is 39.1 Å². The second-order valence-corrected chi connectivity index (χ2v) is 12.1. The fraction of sp³-hybridized carbons (Fsp3) is 0.923. The lowest BCUT2D eigenvalue weighted by Gasteiger charge is -2.58. The predicted octanol–water partition coefficient (Wildman–Crippen LogP) is 4.67. The number of nitrogens with one attached hydrogen (secondary N) is 1. The molecule has 3 N–H and O–H groups in total. The molecule has 0 aromatic heterocycles. The van der Waals surface area contributed by atoms with Gasteiger partial charge in [0, 0.05) is 12.1 Å². The zero-order valence-corrected chi connectivity index (χ0v) is 19.0. The van der Waals surface area contributed by atoms with Gasteiger partial charge >= 0.3 is 0 Å². The van der Waals surface area contributed by atoms with Crippen molar-refractivity contribution in [3.05, 3.63) is 11.6 Å². The van der Waals surface area contributed by atoms with Gasteiger partial charge in [-0.3, -0.25) is 0 Å². The highest BCUT2D eigenvalue weighted by Crippen LogP contribution is 2.67. The number of aliphatic hydroxyl groups excluding tert-OH is 2. The average Bonchev–Trinajstić information content (AvgIpc) is 3.22. The van der Waals surface area contributed by atoms with Crippen molar-refractivity contribution in [1.82, 2.24) is 5.32 Å². The van der Waals surface area contributed by atoms with Gasteiger partial charge in [-0.1, -0.05) is 32.4 Å². The van der Waals surface area contributed by atoms with E-state index >= 15 is 0 Å². The molecule has 1 aliphatic heterocycles. The number of rotatable bonds is 2. The Morgan fingerprint density at radius 1 is 1.07 bits per heavy atom. The first kappa shape index (κ1) is 20.5. The summed E-state index contributed by atoms with van der Waals surface area (Å²) in [6.45, 7) is 9.77. The highest BCUT2D eigenvalue weighted by molar-refractivity contribution is 5.25. The van der Waals surface area contributed by atoms with Gasteiger partial charge in [0.15, 0.2) is 0 Å². The first-order chi connectivity index (χ1) is 13.7. The van der Waals surface area contributed by atoms with Crippen LogP contribution in [0.5, 0.6) is 0 Å². The van der Waals surface area contributed by atoms with Gasteiger partial charge in [0.25, 0.3) is 0 Å². The van der Waals surface area contributed by atoms with Crippen LogP contribution in [0.3, 0.4) is 0 Å². The molecule has 3 nitrogen and oxygen atoms in total.